The molecule has 2 saturated heterocycles. The monoisotopic (exact) mass is 561 g/mol. The second-order valence-corrected chi connectivity index (χ2v) is 11.8. The second-order valence-electron chi connectivity index (χ2n) is 10.9. The van der Waals surface area contributed by atoms with Crippen molar-refractivity contribution in [3.8, 4) is 17.0 Å². The molecule has 2 aliphatic rings. The SMILES string of the molecule is CCN(CCO)C(=O)c1ccc(COc2ccc(C)cc2-c2csc(N3CB4CCC(C3)[C@@H]4C(=O)O)n2)c(C)c1. The highest BCUT2D eigenvalue weighted by Crippen LogP contribution is 2.44. The van der Waals surface area contributed by atoms with Crippen LogP contribution in [0.15, 0.2) is 41.8 Å². The van der Waals surface area contributed by atoms with Gasteiger partial charge in [0.25, 0.3) is 11.9 Å². The first kappa shape index (κ1) is 28.2. The van der Waals surface area contributed by atoms with E-state index in [1.807, 2.05) is 51.1 Å². The summed E-state index contributed by atoms with van der Waals surface area (Å²) in [6.07, 6.45) is 2.69. The smallest absolute Gasteiger partial charge is 0.299 e. The minimum Gasteiger partial charge on any atom is -0.488 e. The fourth-order valence-corrected chi connectivity index (χ4v) is 6.98. The summed E-state index contributed by atoms with van der Waals surface area (Å²) < 4.78 is 6.32. The first-order chi connectivity index (χ1) is 19.3. The van der Waals surface area contributed by atoms with Crippen LogP contribution in [-0.2, 0) is 11.4 Å². The molecule has 0 radical (unpaired) electrons. The number of hydrogen-bond acceptors (Lipinski definition) is 7. The van der Waals surface area contributed by atoms with E-state index in [2.05, 4.69) is 16.3 Å². The summed E-state index contributed by atoms with van der Waals surface area (Å²) in [6, 6.07) is 11.7. The molecule has 2 atom stereocenters. The number of rotatable bonds is 10. The quantitative estimate of drug-likeness (QED) is 0.343. The fourth-order valence-electron chi connectivity index (χ4n) is 6.14. The Morgan fingerprint density at radius 2 is 2.05 bits per heavy atom. The van der Waals surface area contributed by atoms with Crippen LogP contribution in [-0.4, -0.2) is 71.4 Å². The van der Waals surface area contributed by atoms with Crippen molar-refractivity contribution in [3.05, 3.63) is 64.0 Å². The number of aryl methyl sites for hydroxylation is 2. The van der Waals surface area contributed by atoms with Crippen molar-refractivity contribution in [1.29, 1.82) is 0 Å². The topological polar surface area (TPSA) is 103 Å². The third-order valence-corrected chi connectivity index (χ3v) is 9.21. The van der Waals surface area contributed by atoms with Crippen LogP contribution in [0.3, 0.4) is 0 Å². The van der Waals surface area contributed by atoms with Crippen LogP contribution >= 0.6 is 11.3 Å². The molecule has 0 spiro atoms. The number of aromatic nitrogens is 1. The van der Waals surface area contributed by atoms with E-state index in [1.54, 1.807) is 16.2 Å². The van der Waals surface area contributed by atoms with Gasteiger partial charge in [0.05, 0.1) is 12.3 Å². The average molecular weight is 562 g/mol. The number of carboxylic acid groups (broad SMARTS) is 1. The first-order valence-corrected chi connectivity index (χ1v) is 14.8. The van der Waals surface area contributed by atoms with Crippen LogP contribution in [0, 0.1) is 19.8 Å². The lowest BCUT2D eigenvalue weighted by molar-refractivity contribution is -0.137. The Kier molecular flexibility index (Phi) is 8.47. The van der Waals surface area contributed by atoms with Gasteiger partial charge in [-0.15, -0.1) is 11.3 Å². The third kappa shape index (κ3) is 5.74. The maximum absolute atomic E-state index is 12.8. The normalized spacial score (nSPS) is 18.2. The molecule has 3 aromatic rings. The molecule has 2 fully saturated rings. The third-order valence-electron chi connectivity index (χ3n) is 8.30. The van der Waals surface area contributed by atoms with Crippen molar-refractivity contribution in [1.82, 2.24) is 9.88 Å². The summed E-state index contributed by atoms with van der Waals surface area (Å²) in [7, 11) is 0. The number of benzene rings is 2. The molecule has 5 rings (SSSR count). The number of thiazole rings is 1. The number of ether oxygens (including phenoxy) is 1. The molecule has 210 valence electrons. The minimum absolute atomic E-state index is 0.0614. The Morgan fingerprint density at radius 1 is 1.23 bits per heavy atom. The maximum Gasteiger partial charge on any atom is 0.299 e. The number of carboxylic acids is 1. The molecule has 10 heteroatoms. The number of nitrogens with zero attached hydrogens (tertiary/aromatic N) is 3. The zero-order valence-corrected chi connectivity index (χ0v) is 24.1. The van der Waals surface area contributed by atoms with Crippen molar-refractivity contribution in [2.45, 2.75) is 45.9 Å². The summed E-state index contributed by atoms with van der Waals surface area (Å²) in [4.78, 5) is 33.4. The van der Waals surface area contributed by atoms with Gasteiger partial charge in [0.15, 0.2) is 11.8 Å². The molecule has 1 aromatic heterocycles. The lowest BCUT2D eigenvalue weighted by atomic mass is 9.40. The molecule has 0 saturated carbocycles. The fraction of sp³-hybridized carbons (Fsp3) is 0.433. The van der Waals surface area contributed by atoms with E-state index in [-0.39, 0.29) is 31.0 Å². The van der Waals surface area contributed by atoms with Crippen LogP contribution in [0.1, 0.15) is 40.4 Å². The van der Waals surface area contributed by atoms with Gasteiger partial charge in [0.1, 0.15) is 12.4 Å². The van der Waals surface area contributed by atoms with Gasteiger partial charge >= 0.3 is 0 Å². The van der Waals surface area contributed by atoms with E-state index in [9.17, 15) is 19.8 Å². The zero-order chi connectivity index (χ0) is 28.4. The summed E-state index contributed by atoms with van der Waals surface area (Å²) in [5, 5.41) is 21.9. The number of anilines is 1. The van der Waals surface area contributed by atoms with Crippen molar-refractivity contribution < 1.29 is 24.5 Å². The van der Waals surface area contributed by atoms with Crippen LogP contribution in [0.2, 0.25) is 12.1 Å². The van der Waals surface area contributed by atoms with E-state index in [1.165, 1.54) is 0 Å². The minimum atomic E-state index is -0.658. The highest BCUT2D eigenvalue weighted by Gasteiger charge is 2.48. The molecule has 2 aromatic carbocycles. The van der Waals surface area contributed by atoms with Gasteiger partial charge in [-0.05, 0) is 68.5 Å². The number of aliphatic carboxylic acids is 1. The first-order valence-electron chi connectivity index (χ1n) is 14.0. The summed E-state index contributed by atoms with van der Waals surface area (Å²) in [6.45, 7) is 8.00. The standard InChI is InChI=1S/C30H36BN3O5S/c1-4-33(11-12-35)28(36)21-6-7-23(20(3)14-21)16-39-26-8-5-19(2)13-24(26)25-17-40-30(32-25)34-15-22-9-10-31(18-34)27(22)29(37)38/h5-8,13-14,17,22,27,35H,4,9-12,15-16,18H2,1-3H3,(H,37,38)/t22?,27-/m1/s1. The van der Waals surface area contributed by atoms with E-state index >= 15 is 0 Å². The molecule has 3 heterocycles. The summed E-state index contributed by atoms with van der Waals surface area (Å²) >= 11 is 1.60. The van der Waals surface area contributed by atoms with Crippen LogP contribution < -0.4 is 9.64 Å². The highest BCUT2D eigenvalue weighted by molar-refractivity contribution is 7.14. The molecular formula is C30H36BN3O5S. The highest BCUT2D eigenvalue weighted by atomic mass is 32.1. The van der Waals surface area contributed by atoms with Gasteiger partial charge in [-0.25, -0.2) is 4.98 Å². The number of amides is 1. The van der Waals surface area contributed by atoms with E-state index in [4.69, 9.17) is 9.72 Å². The maximum atomic E-state index is 12.8. The number of aliphatic hydroxyl groups is 1. The van der Waals surface area contributed by atoms with E-state index in [0.717, 1.165) is 64.6 Å². The lowest BCUT2D eigenvalue weighted by Crippen LogP contribution is -2.47. The molecule has 1 unspecified atom stereocenters. The number of carbonyl (C=O) groups is 2. The number of carbonyl (C=O) groups excluding carboxylic acids is 1. The average Bonchev–Trinajstić information content (AvgIpc) is 3.54. The number of hydrogen-bond donors (Lipinski definition) is 2. The van der Waals surface area contributed by atoms with Crippen molar-refractivity contribution in [2.75, 3.05) is 37.6 Å². The van der Waals surface area contributed by atoms with Crippen molar-refractivity contribution in [2.24, 2.45) is 5.92 Å². The Balaban J connectivity index is 1.30. The van der Waals surface area contributed by atoms with E-state index < -0.39 is 5.97 Å². The predicted molar refractivity (Wildman–Crippen MR) is 159 cm³/mol. The lowest BCUT2D eigenvalue weighted by Gasteiger charge is -2.34. The molecule has 2 bridgehead atoms. The van der Waals surface area contributed by atoms with Gasteiger partial charge in [0.2, 0.25) is 0 Å². The largest absolute Gasteiger partial charge is 0.488 e. The van der Waals surface area contributed by atoms with Gasteiger partial charge in [-0.1, -0.05) is 30.4 Å². The molecular weight excluding hydrogens is 525 g/mol. The molecule has 1 amide bonds. The van der Waals surface area contributed by atoms with Gasteiger partial charge in [-0.3, -0.25) is 9.59 Å². The Morgan fingerprint density at radius 3 is 2.75 bits per heavy atom. The number of aliphatic hydroxyl groups excluding tert-OH is 1. The predicted octanol–water partition coefficient (Wildman–Crippen LogP) is 4.79. The Labute approximate surface area is 239 Å². The Hall–Kier alpha value is -3.37. The van der Waals surface area contributed by atoms with Gasteiger partial charge in [-0.2, -0.15) is 0 Å². The summed E-state index contributed by atoms with van der Waals surface area (Å²) in [5.74, 6) is -0.0470. The van der Waals surface area contributed by atoms with Gasteiger partial charge in [0, 0.05) is 42.0 Å². The van der Waals surface area contributed by atoms with E-state index in [0.29, 0.717) is 25.3 Å². The van der Waals surface area contributed by atoms with Crippen molar-refractivity contribution >= 4 is 35.1 Å². The zero-order valence-electron chi connectivity index (χ0n) is 23.3. The molecule has 8 nitrogen and oxygen atoms in total. The molecule has 40 heavy (non-hydrogen) atoms. The molecule has 2 aliphatic heterocycles. The van der Waals surface area contributed by atoms with Crippen LogP contribution in [0.4, 0.5) is 5.13 Å². The molecule has 2 N–H and O–H groups in total. The second kappa shape index (κ2) is 12.0. The summed E-state index contributed by atoms with van der Waals surface area (Å²) in [5.41, 5.74) is 5.45. The number of likely N-dealkylation sites (N-methyl/N-ethyl adjacent to an activating group) is 1. The molecule has 0 aliphatic carbocycles. The van der Waals surface area contributed by atoms with Crippen LogP contribution in [0.25, 0.3) is 11.3 Å². The number of fused-ring (bicyclic) bond motifs is 2. The van der Waals surface area contributed by atoms with Gasteiger partial charge < -0.3 is 24.7 Å². The Bertz CT molecular complexity index is 1380. The van der Waals surface area contributed by atoms with Crippen molar-refractivity contribution in [3.63, 3.8) is 0 Å². The van der Waals surface area contributed by atoms with Crippen LogP contribution in [0.5, 0.6) is 5.75 Å².